The zero-order valence-electron chi connectivity index (χ0n) is 44.3. The third-order valence-electron chi connectivity index (χ3n) is 22.9. The normalized spacial score (nSPS) is 42.6. The lowest BCUT2D eigenvalue weighted by Crippen LogP contribution is -2.69. The van der Waals surface area contributed by atoms with Crippen molar-refractivity contribution in [3.8, 4) is 0 Å². The van der Waals surface area contributed by atoms with Gasteiger partial charge in [0.15, 0.2) is 0 Å². The van der Waals surface area contributed by atoms with Crippen LogP contribution in [0.3, 0.4) is 0 Å². The average Bonchev–Trinajstić information content (AvgIpc) is 3.67. The van der Waals surface area contributed by atoms with E-state index in [2.05, 4.69) is 74.6 Å². The number of nitrogens with zero attached hydrogens (tertiary/aromatic N) is 1. The molecule has 2 amide bonds. The maximum absolute atomic E-state index is 15.2. The Morgan fingerprint density at radius 3 is 1.96 bits per heavy atom. The van der Waals surface area contributed by atoms with Crippen molar-refractivity contribution in [1.82, 2.24) is 10.2 Å². The van der Waals surface area contributed by atoms with E-state index < -0.39 is 5.41 Å². The number of rotatable bonds is 12. The summed E-state index contributed by atoms with van der Waals surface area (Å²) in [6.45, 7) is 31.8. The van der Waals surface area contributed by atoms with E-state index in [1.807, 2.05) is 25.7 Å². The second kappa shape index (κ2) is 17.9. The van der Waals surface area contributed by atoms with E-state index in [1.165, 1.54) is 6.42 Å². The standard InChI is InChI=1S/C57H92N2O8/c1-14-16-31-66-48(62)39-32-40(51(39,5)6)49(63)67-44-21-24-54(11)41(53(44,9)10)20-25-56(13)42(54)18-17-37-45-36(34(3)4)19-26-57(45,28-27-55(37,56)12)50(64)58-43-33-38(52(43,7)8)46(60)59-29-22-35(23-30-59)47(61)65-15-2/h34-45H,14-33H2,1-13H3,(H,58,64)/t36-,37+,38?,39-,40+,41-,42+,43?,44-,45+,54-,55+,56+,57?/m0/s1. The summed E-state index contributed by atoms with van der Waals surface area (Å²) < 4.78 is 17.5. The summed E-state index contributed by atoms with van der Waals surface area (Å²) >= 11 is 0. The number of piperidine rings is 1. The number of hydrogen-bond acceptors (Lipinski definition) is 8. The van der Waals surface area contributed by atoms with Crippen molar-refractivity contribution in [2.75, 3.05) is 26.3 Å². The van der Waals surface area contributed by atoms with Gasteiger partial charge in [0.25, 0.3) is 0 Å². The molecule has 0 aromatic heterocycles. The van der Waals surface area contributed by atoms with E-state index in [9.17, 15) is 19.2 Å². The van der Waals surface area contributed by atoms with Crippen molar-refractivity contribution in [2.45, 2.75) is 205 Å². The molecule has 0 aromatic carbocycles. The number of esters is 3. The number of carbonyl (C=O) groups is 5. The molecule has 14 atom stereocenters. The van der Waals surface area contributed by atoms with Crippen LogP contribution in [0, 0.1) is 97.1 Å². The molecule has 8 rings (SSSR count). The maximum Gasteiger partial charge on any atom is 0.309 e. The van der Waals surface area contributed by atoms with Crippen molar-refractivity contribution >= 4 is 29.7 Å². The number of amides is 2. The molecule has 10 heteroatoms. The Labute approximate surface area is 405 Å². The first-order valence-electron chi connectivity index (χ1n) is 27.5. The van der Waals surface area contributed by atoms with Crippen LogP contribution in [-0.4, -0.2) is 73.1 Å². The van der Waals surface area contributed by atoms with Crippen LogP contribution in [0.1, 0.15) is 193 Å². The fraction of sp³-hybridized carbons (Fsp3) is 0.912. The molecule has 8 aliphatic rings. The zero-order valence-corrected chi connectivity index (χ0v) is 44.3. The fourth-order valence-corrected chi connectivity index (χ4v) is 18.0. The van der Waals surface area contributed by atoms with Gasteiger partial charge in [-0.25, -0.2) is 0 Å². The predicted octanol–water partition coefficient (Wildman–Crippen LogP) is 11.0. The minimum Gasteiger partial charge on any atom is -0.466 e. The molecule has 67 heavy (non-hydrogen) atoms. The Kier molecular flexibility index (Phi) is 13.5. The Hall–Kier alpha value is -2.65. The first-order valence-corrected chi connectivity index (χ1v) is 27.5. The number of ether oxygens (including phenoxy) is 3. The summed E-state index contributed by atoms with van der Waals surface area (Å²) in [4.78, 5) is 70.5. The minimum atomic E-state index is -0.481. The Bertz CT molecular complexity index is 1920. The molecule has 0 bridgehead atoms. The van der Waals surface area contributed by atoms with Gasteiger partial charge in [0.1, 0.15) is 6.10 Å². The SMILES string of the molecule is CCCCOC(=O)[C@@H]1C[C@H](C(=O)O[C@H]2CC[C@]3(C)[C@H]4CC[C@@H]5[C@H]6[C@H](C(C)C)CCC6(C(=O)NC6CC(C(=O)N7CCC(C(=O)OCC)CC7)C6(C)C)CC[C@@]5(C)[C@]4(C)CC[C@H]3C2(C)C)C1(C)C. The van der Waals surface area contributed by atoms with Crippen LogP contribution < -0.4 is 5.32 Å². The summed E-state index contributed by atoms with van der Waals surface area (Å²) in [6.07, 6.45) is 14.8. The van der Waals surface area contributed by atoms with Crippen molar-refractivity contribution in [3.05, 3.63) is 0 Å². The number of nitrogens with one attached hydrogen (secondary N) is 1. The van der Waals surface area contributed by atoms with Crippen molar-refractivity contribution in [1.29, 1.82) is 0 Å². The van der Waals surface area contributed by atoms with E-state index in [0.29, 0.717) is 87.5 Å². The highest BCUT2D eigenvalue weighted by Gasteiger charge is 2.73. The van der Waals surface area contributed by atoms with Crippen molar-refractivity contribution < 1.29 is 38.2 Å². The molecular formula is C57H92N2O8. The Morgan fingerprint density at radius 2 is 1.33 bits per heavy atom. The lowest BCUT2D eigenvalue weighted by atomic mass is 9.32. The molecule has 7 saturated carbocycles. The van der Waals surface area contributed by atoms with Gasteiger partial charge in [0, 0.05) is 30.5 Å². The molecule has 7 aliphatic carbocycles. The number of fused-ring (bicyclic) bond motifs is 7. The van der Waals surface area contributed by atoms with E-state index >= 15 is 4.79 Å². The highest BCUT2D eigenvalue weighted by atomic mass is 16.5. The van der Waals surface area contributed by atoms with Crippen LogP contribution in [-0.2, 0) is 38.2 Å². The molecule has 0 radical (unpaired) electrons. The molecular weight excluding hydrogens is 841 g/mol. The molecule has 0 spiro atoms. The first-order chi connectivity index (χ1) is 31.4. The smallest absolute Gasteiger partial charge is 0.309 e. The highest BCUT2D eigenvalue weighted by molar-refractivity contribution is 5.86. The van der Waals surface area contributed by atoms with Gasteiger partial charge in [-0.15, -0.1) is 0 Å². The molecule has 1 N–H and O–H groups in total. The molecule has 3 unspecified atom stereocenters. The summed E-state index contributed by atoms with van der Waals surface area (Å²) in [5.74, 6) is 1.97. The summed E-state index contributed by atoms with van der Waals surface area (Å²) in [5.41, 5.74) is -1.01. The second-order valence-electron chi connectivity index (χ2n) is 26.8. The third kappa shape index (κ3) is 7.84. The first kappa shape index (κ1) is 50.7. The fourth-order valence-electron chi connectivity index (χ4n) is 18.0. The summed E-state index contributed by atoms with van der Waals surface area (Å²) in [5, 5.41) is 3.67. The summed E-state index contributed by atoms with van der Waals surface area (Å²) in [7, 11) is 0. The van der Waals surface area contributed by atoms with E-state index in [0.717, 1.165) is 70.6 Å². The van der Waals surface area contributed by atoms with E-state index in [-0.39, 0.29) is 98.0 Å². The molecule has 1 aliphatic heterocycles. The minimum absolute atomic E-state index is 0.0371. The number of likely N-dealkylation sites (tertiary alicyclic amines) is 1. The molecule has 378 valence electrons. The van der Waals surface area contributed by atoms with Crippen LogP contribution in [0.4, 0.5) is 0 Å². The van der Waals surface area contributed by atoms with Gasteiger partial charge in [0.2, 0.25) is 11.8 Å². The lowest BCUT2D eigenvalue weighted by molar-refractivity contribution is -0.252. The second-order valence-corrected chi connectivity index (χ2v) is 26.8. The molecule has 10 nitrogen and oxygen atoms in total. The Morgan fingerprint density at radius 1 is 0.642 bits per heavy atom. The molecule has 1 heterocycles. The van der Waals surface area contributed by atoms with Crippen LogP contribution in [0.15, 0.2) is 0 Å². The number of carbonyl (C=O) groups excluding carboxylic acids is 5. The Balaban J connectivity index is 0.940. The maximum atomic E-state index is 15.2. The van der Waals surface area contributed by atoms with E-state index in [1.54, 1.807) is 0 Å². The van der Waals surface area contributed by atoms with Gasteiger partial charge < -0.3 is 24.4 Å². The largest absolute Gasteiger partial charge is 0.466 e. The van der Waals surface area contributed by atoms with Gasteiger partial charge in [0.05, 0.1) is 36.4 Å². The lowest BCUT2D eigenvalue weighted by Gasteiger charge is -2.73. The number of hydrogen-bond donors (Lipinski definition) is 1. The molecule has 8 fully saturated rings. The quantitative estimate of drug-likeness (QED) is 0.116. The van der Waals surface area contributed by atoms with Crippen molar-refractivity contribution in [3.63, 3.8) is 0 Å². The van der Waals surface area contributed by atoms with Crippen LogP contribution in [0.5, 0.6) is 0 Å². The van der Waals surface area contributed by atoms with Gasteiger partial charge >= 0.3 is 17.9 Å². The third-order valence-corrected chi connectivity index (χ3v) is 22.9. The topological polar surface area (TPSA) is 128 Å². The van der Waals surface area contributed by atoms with Gasteiger partial charge in [-0.3, -0.25) is 24.0 Å². The van der Waals surface area contributed by atoms with Crippen LogP contribution in [0.2, 0.25) is 0 Å². The van der Waals surface area contributed by atoms with Crippen molar-refractivity contribution in [2.24, 2.45) is 97.1 Å². The predicted molar refractivity (Wildman–Crippen MR) is 260 cm³/mol. The number of unbranched alkanes of at least 4 members (excludes halogenated alkanes) is 1. The summed E-state index contributed by atoms with van der Waals surface area (Å²) in [6, 6.07) is -0.0371. The van der Waals surface area contributed by atoms with Crippen LogP contribution in [0.25, 0.3) is 0 Å². The zero-order chi connectivity index (χ0) is 48.9. The van der Waals surface area contributed by atoms with Gasteiger partial charge in [-0.05, 0) is 166 Å². The molecule has 0 aromatic rings. The average molecular weight is 933 g/mol. The van der Waals surface area contributed by atoms with Gasteiger partial charge in [-0.2, -0.15) is 0 Å². The molecule has 1 saturated heterocycles. The van der Waals surface area contributed by atoms with Gasteiger partial charge in [-0.1, -0.05) is 89.5 Å². The highest BCUT2D eigenvalue weighted by Crippen LogP contribution is 2.78. The monoisotopic (exact) mass is 933 g/mol. The van der Waals surface area contributed by atoms with Crippen LogP contribution >= 0.6 is 0 Å². The van der Waals surface area contributed by atoms with E-state index in [4.69, 9.17) is 14.2 Å².